The Morgan fingerprint density at radius 3 is 2.35 bits per heavy atom. The van der Waals surface area contributed by atoms with Crippen molar-refractivity contribution in [3.63, 3.8) is 0 Å². The molecule has 3 aromatic carbocycles. The van der Waals surface area contributed by atoms with Crippen LogP contribution < -0.4 is 5.32 Å². The Balaban J connectivity index is 0.967. The van der Waals surface area contributed by atoms with Gasteiger partial charge in [0, 0.05) is 58.6 Å². The molecule has 0 aromatic heterocycles. The van der Waals surface area contributed by atoms with Crippen molar-refractivity contribution in [2.75, 3.05) is 7.05 Å². The normalized spacial score (nSPS) is 46.4. The summed E-state index contributed by atoms with van der Waals surface area (Å²) in [5.41, 5.74) is -0.511. The molecule has 9 nitrogen and oxygen atoms in total. The van der Waals surface area contributed by atoms with E-state index in [1.165, 1.54) is 47.9 Å². The van der Waals surface area contributed by atoms with Gasteiger partial charge in [0.05, 0.1) is 29.3 Å². The molecule has 3 aromatic rings. The van der Waals surface area contributed by atoms with Crippen molar-refractivity contribution in [2.45, 2.75) is 203 Å². The van der Waals surface area contributed by atoms with Crippen LogP contribution >= 0.6 is 0 Å². The van der Waals surface area contributed by atoms with Crippen molar-refractivity contribution in [3.8, 4) is 23.7 Å². The Hall–Kier alpha value is -4.58. The molecule has 3 spiro atoms. The van der Waals surface area contributed by atoms with Crippen molar-refractivity contribution in [1.82, 2.24) is 5.32 Å². The van der Waals surface area contributed by atoms with Crippen molar-refractivity contribution in [1.29, 1.82) is 0 Å². The minimum absolute atomic E-state index is 0.112. The summed E-state index contributed by atoms with van der Waals surface area (Å²) in [6, 6.07) is 24.3. The van der Waals surface area contributed by atoms with Crippen molar-refractivity contribution < 1.29 is 39.9 Å². The molecule has 85 heavy (non-hydrogen) atoms. The van der Waals surface area contributed by atoms with Gasteiger partial charge in [-0.1, -0.05) is 111 Å². The first kappa shape index (κ1) is 55.7. The predicted molar refractivity (Wildman–Crippen MR) is 325 cm³/mol. The van der Waals surface area contributed by atoms with Gasteiger partial charge in [-0.15, -0.1) is 5.92 Å². The molecule has 14 aliphatic rings. The zero-order valence-corrected chi connectivity index (χ0v) is 50.4. The van der Waals surface area contributed by atoms with Gasteiger partial charge < -0.3 is 40.4 Å². The summed E-state index contributed by atoms with van der Waals surface area (Å²) < 4.78 is 6.65. The quantitative estimate of drug-likeness (QED) is 0.0832. The van der Waals surface area contributed by atoms with Gasteiger partial charge in [-0.2, -0.15) is 0 Å². The second-order valence-corrected chi connectivity index (χ2v) is 31.6. The average molecular weight is 1150 g/mol. The van der Waals surface area contributed by atoms with E-state index in [0.29, 0.717) is 56.8 Å². The van der Waals surface area contributed by atoms with Gasteiger partial charge in [-0.3, -0.25) is 0 Å². The van der Waals surface area contributed by atoms with Crippen LogP contribution in [0, 0.1) is 122 Å². The summed E-state index contributed by atoms with van der Waals surface area (Å²) in [6.45, 7) is 2.30. The topological polar surface area (TPSA) is 157 Å². The van der Waals surface area contributed by atoms with Gasteiger partial charge in [0.2, 0.25) is 0 Å². The van der Waals surface area contributed by atoms with Crippen LogP contribution in [0.15, 0.2) is 78.4 Å². The minimum atomic E-state index is -1.91. The number of carbonyl (C=O) groups excluding carboxylic acids is 2. The molecule has 17 rings (SSSR count). The number of aliphatic hydroxyl groups excluding tert-OH is 2. The molecular weight excluding hydrogens is 1050 g/mol. The third kappa shape index (κ3) is 7.97. The second kappa shape index (κ2) is 20.0. The number of nitrogens with one attached hydrogen (secondary N) is 1. The summed E-state index contributed by atoms with van der Waals surface area (Å²) in [4.78, 5) is 30.2. The lowest BCUT2D eigenvalue weighted by atomic mass is 9.32. The number of hydrogen-bond acceptors (Lipinski definition) is 9. The van der Waals surface area contributed by atoms with Crippen molar-refractivity contribution in [3.05, 3.63) is 117 Å². The number of benzene rings is 3. The van der Waals surface area contributed by atoms with E-state index in [4.69, 9.17) is 4.74 Å². The first-order valence-corrected chi connectivity index (χ1v) is 33.9. The maximum atomic E-state index is 15.8. The molecule has 1 aliphatic heterocycles. The molecule has 15 bridgehead atoms. The van der Waals surface area contributed by atoms with Gasteiger partial charge >= 0.3 is 5.97 Å². The Morgan fingerprint density at radius 2 is 1.58 bits per heavy atom. The highest BCUT2D eigenvalue weighted by molar-refractivity contribution is 5.86. The molecule has 6 N–H and O–H groups in total. The van der Waals surface area contributed by atoms with Gasteiger partial charge in [0.15, 0.2) is 0 Å². The van der Waals surface area contributed by atoms with E-state index < -0.39 is 74.3 Å². The predicted octanol–water partition coefficient (Wildman–Crippen LogP) is 10.6. The number of fused-ring (bicyclic) bond motifs is 11. The fraction of sp³-hybridized carbons (Fsp3) is 0.658. The fourth-order valence-corrected chi connectivity index (χ4v) is 24.9. The average Bonchev–Trinajstić information content (AvgIpc) is 1.64. The smallest absolute Gasteiger partial charge is 0.331 e. The van der Waals surface area contributed by atoms with Crippen LogP contribution in [0.5, 0.6) is 0 Å². The Kier molecular flexibility index (Phi) is 13.1. The van der Waals surface area contributed by atoms with Gasteiger partial charge in [-0.25, -0.2) is 4.79 Å². The summed E-state index contributed by atoms with van der Waals surface area (Å²) >= 11 is 0. The molecule has 9 heteroatoms. The molecule has 9 saturated carbocycles. The molecule has 22 atom stereocenters. The van der Waals surface area contributed by atoms with Crippen LogP contribution in [0.3, 0.4) is 0 Å². The molecule has 0 saturated heterocycles. The van der Waals surface area contributed by atoms with E-state index in [1.54, 1.807) is 6.08 Å². The number of aliphatic hydroxyl groups is 5. The van der Waals surface area contributed by atoms with E-state index in [0.717, 1.165) is 92.8 Å². The maximum absolute atomic E-state index is 15.8. The highest BCUT2D eigenvalue weighted by Gasteiger charge is 2.86. The van der Waals surface area contributed by atoms with Crippen LogP contribution in [0.4, 0.5) is 0 Å². The number of aldehydes is 1. The van der Waals surface area contributed by atoms with E-state index >= 15 is 15.0 Å². The largest absolute Gasteiger partial charge is 0.454 e. The Morgan fingerprint density at radius 1 is 0.800 bits per heavy atom. The van der Waals surface area contributed by atoms with Crippen LogP contribution in [0.1, 0.15) is 174 Å². The zero-order valence-electron chi connectivity index (χ0n) is 50.4. The summed E-state index contributed by atoms with van der Waals surface area (Å²) in [5, 5.41) is 74.6. The summed E-state index contributed by atoms with van der Waals surface area (Å²) in [5.74, 6) is 13.9. The SMILES string of the molecule is CNC1Cc2c(cccc2CO)C#CC23CCC(Cc4cccc(c4)Cc4cccc(c4)CC4CC#CC5CC6(C2)C2C7=CC(=O)OC7C1CC2CC6(O)C1(O)CC2CC(C(C)C6CCCC6)CCC6C(O)C7(CCC4C7)CC(C=O)(C51)C26O)C3. The van der Waals surface area contributed by atoms with Gasteiger partial charge in [0.25, 0.3) is 0 Å². The third-order valence-electron chi connectivity index (χ3n) is 28.1. The molecule has 9 fully saturated rings. The minimum Gasteiger partial charge on any atom is -0.454 e. The molecule has 0 radical (unpaired) electrons. The lowest BCUT2D eigenvalue weighted by molar-refractivity contribution is -0.363. The van der Waals surface area contributed by atoms with Crippen LogP contribution in [0.25, 0.3) is 0 Å². The Labute approximate surface area is 504 Å². The summed E-state index contributed by atoms with van der Waals surface area (Å²) in [6.07, 6.45) is 19.1. The number of rotatable bonds is 5. The van der Waals surface area contributed by atoms with E-state index in [9.17, 15) is 20.1 Å². The molecule has 1 heterocycles. The summed E-state index contributed by atoms with van der Waals surface area (Å²) in [7, 11) is 1.98. The number of esters is 1. The molecule has 0 amide bonds. The lowest BCUT2D eigenvalue weighted by Gasteiger charge is -2.74. The maximum Gasteiger partial charge on any atom is 0.331 e. The first-order valence-electron chi connectivity index (χ1n) is 33.9. The monoisotopic (exact) mass is 1150 g/mol. The Bertz CT molecular complexity index is 3380. The van der Waals surface area contributed by atoms with Crippen LogP contribution in [-0.2, 0) is 46.6 Å². The third-order valence-corrected chi connectivity index (χ3v) is 28.1. The van der Waals surface area contributed by atoms with Crippen molar-refractivity contribution in [2.24, 2.45) is 98.6 Å². The number of likely N-dealkylation sites (N-methyl/N-ethyl adjacent to an activating group) is 1. The molecule has 13 aliphatic carbocycles. The zero-order chi connectivity index (χ0) is 58.0. The first-order chi connectivity index (χ1) is 41.1. The molecule has 448 valence electrons. The van der Waals surface area contributed by atoms with Crippen LogP contribution in [-0.4, -0.2) is 79.9 Å². The second-order valence-electron chi connectivity index (χ2n) is 31.6. The number of ether oxygens (including phenoxy) is 1. The molecular formula is C76H91NO8. The lowest BCUT2D eigenvalue weighted by Crippen LogP contribution is -2.83. The van der Waals surface area contributed by atoms with Gasteiger partial charge in [-0.05, 0) is 233 Å². The van der Waals surface area contributed by atoms with E-state index in [-0.39, 0.29) is 79.3 Å². The standard InChI is InChI=1S/C76H91NO8/c1-45(51-13-3-4-14-51)53-19-20-63-69(81)71-26-23-55(37-71)54-16-8-17-56-38-72-42-70(24-21-50(36-70)30-48-11-5-9-46(28-48)27-47-10-6-12-49(29-47)31-54)25-22-52-15-7-18-57(41-78)60(52)34-64(77-2)61-33-58(66(72)62-35-65(80)85-67(61)62)39-75(72,83)74(82)40-59(32-53)76(63,84)73(43-71,44-79)68(56)74/h5-7,9-12,15,18,28-29,35,44-45,50-51,53-56,58-59,61,63-64,66-69,77-78,81-84H,3-4,13-14,16,19-21,23-24,26-27,30-34,36-43H2,1-2H3. The van der Waals surface area contributed by atoms with Crippen LogP contribution in [0.2, 0.25) is 0 Å². The van der Waals surface area contributed by atoms with E-state index in [1.807, 2.05) is 19.2 Å². The highest BCUT2D eigenvalue weighted by Crippen LogP contribution is 2.81. The number of hydrogen-bond donors (Lipinski definition) is 6. The fourth-order valence-electron chi connectivity index (χ4n) is 24.9. The van der Waals surface area contributed by atoms with E-state index in [2.05, 4.69) is 90.5 Å². The number of carbonyl (C=O) groups is 2. The highest BCUT2D eigenvalue weighted by atomic mass is 16.5. The van der Waals surface area contributed by atoms with Crippen molar-refractivity contribution >= 4 is 12.3 Å². The van der Waals surface area contributed by atoms with Gasteiger partial charge in [0.1, 0.15) is 18.0 Å². The molecule has 22 unspecified atom stereocenters.